The zero-order valence-corrected chi connectivity index (χ0v) is 10.0. The monoisotopic (exact) mass is 244 g/mol. The Morgan fingerprint density at radius 3 is 2.56 bits per heavy atom. The van der Waals surface area contributed by atoms with Gasteiger partial charge >= 0.3 is 0 Å². The van der Waals surface area contributed by atoms with Gasteiger partial charge in [-0.25, -0.2) is 22.9 Å². The van der Waals surface area contributed by atoms with Crippen LogP contribution in [0.2, 0.25) is 0 Å². The highest BCUT2D eigenvalue weighted by molar-refractivity contribution is 7.90. The lowest BCUT2D eigenvalue weighted by Crippen LogP contribution is -2.35. The molecule has 2 fully saturated rings. The largest absolute Gasteiger partial charge is 0.235 e. The number of sulfonamides is 1. The molecule has 2 aliphatic rings. The fraction of sp³-hybridized carbons (Fsp3) is 0.900. The van der Waals surface area contributed by atoms with Crippen molar-refractivity contribution < 1.29 is 13.2 Å². The lowest BCUT2D eigenvalue weighted by Gasteiger charge is -2.11. The molecule has 0 radical (unpaired) electrons. The number of aliphatic imine (C=N–C) groups is 1. The maximum atomic E-state index is 11.7. The number of carbonyl (C=O) groups excluding carboxylic acids is 1. The van der Waals surface area contributed by atoms with Gasteiger partial charge in [-0.3, -0.25) is 0 Å². The van der Waals surface area contributed by atoms with Crippen LogP contribution in [0.25, 0.3) is 0 Å². The van der Waals surface area contributed by atoms with E-state index in [1.54, 1.807) is 6.08 Å². The molecule has 2 saturated carbocycles. The van der Waals surface area contributed by atoms with E-state index in [1.165, 1.54) is 0 Å². The van der Waals surface area contributed by atoms with Gasteiger partial charge in [0.1, 0.15) is 0 Å². The van der Waals surface area contributed by atoms with Crippen molar-refractivity contribution in [3.63, 3.8) is 0 Å². The van der Waals surface area contributed by atoms with E-state index in [0.29, 0.717) is 6.42 Å². The molecule has 16 heavy (non-hydrogen) atoms. The molecule has 5 nitrogen and oxygen atoms in total. The van der Waals surface area contributed by atoms with Crippen LogP contribution in [0.3, 0.4) is 0 Å². The summed E-state index contributed by atoms with van der Waals surface area (Å²) in [6, 6.07) is -0.146. The fourth-order valence-corrected chi connectivity index (χ4v) is 3.88. The lowest BCUT2D eigenvalue weighted by atomic mass is 10.1. The molecule has 0 aliphatic heterocycles. The van der Waals surface area contributed by atoms with Crippen molar-refractivity contribution in [2.24, 2.45) is 10.9 Å². The molecule has 2 aliphatic carbocycles. The van der Waals surface area contributed by atoms with Gasteiger partial charge in [-0.05, 0) is 31.6 Å². The highest BCUT2D eigenvalue weighted by Crippen LogP contribution is 2.32. The second-order valence-electron chi connectivity index (χ2n) is 4.80. The molecular formula is C10H16N2O3S. The third-order valence-electron chi connectivity index (χ3n) is 3.35. The molecule has 3 atom stereocenters. The molecule has 1 N–H and O–H groups in total. The van der Waals surface area contributed by atoms with E-state index in [4.69, 9.17) is 0 Å². The summed E-state index contributed by atoms with van der Waals surface area (Å²) in [6.45, 7) is 1.98. The Kier molecular flexibility index (Phi) is 3.15. The summed E-state index contributed by atoms with van der Waals surface area (Å²) < 4.78 is 26.1. The predicted molar refractivity (Wildman–Crippen MR) is 59.2 cm³/mol. The molecular weight excluding hydrogens is 228 g/mol. The van der Waals surface area contributed by atoms with Gasteiger partial charge in [-0.1, -0.05) is 6.92 Å². The third kappa shape index (κ3) is 2.51. The summed E-state index contributed by atoms with van der Waals surface area (Å²) in [5.41, 5.74) is 0. The Hall–Kier alpha value is -0.710. The van der Waals surface area contributed by atoms with Crippen LogP contribution in [0.5, 0.6) is 0 Å². The van der Waals surface area contributed by atoms with Crippen LogP contribution < -0.4 is 4.72 Å². The van der Waals surface area contributed by atoms with E-state index in [-0.39, 0.29) is 23.3 Å². The lowest BCUT2D eigenvalue weighted by molar-refractivity contribution is 0.511. The van der Waals surface area contributed by atoms with Crippen LogP contribution in [0, 0.1) is 5.92 Å². The van der Waals surface area contributed by atoms with Gasteiger partial charge < -0.3 is 0 Å². The number of isocyanates is 1. The minimum Gasteiger partial charge on any atom is -0.212 e. The van der Waals surface area contributed by atoms with Crippen LogP contribution in [0.1, 0.15) is 32.6 Å². The van der Waals surface area contributed by atoms with Crippen LogP contribution >= 0.6 is 0 Å². The quantitative estimate of drug-likeness (QED) is 0.580. The predicted octanol–water partition coefficient (Wildman–Crippen LogP) is 0.571. The van der Waals surface area contributed by atoms with Crippen molar-refractivity contribution in [2.75, 3.05) is 0 Å². The maximum Gasteiger partial charge on any atom is 0.235 e. The molecule has 0 aromatic heterocycles. The topological polar surface area (TPSA) is 75.6 Å². The molecule has 6 heteroatoms. The van der Waals surface area contributed by atoms with Gasteiger partial charge in [0.2, 0.25) is 16.1 Å². The first-order valence-electron chi connectivity index (χ1n) is 5.61. The normalized spacial score (nSPS) is 34.7. The third-order valence-corrected chi connectivity index (χ3v) is 5.36. The summed E-state index contributed by atoms with van der Waals surface area (Å²) in [6.07, 6.45) is 4.46. The van der Waals surface area contributed by atoms with Crippen molar-refractivity contribution in [3.05, 3.63) is 0 Å². The summed E-state index contributed by atoms with van der Waals surface area (Å²) in [7, 11) is -3.12. The zero-order valence-electron chi connectivity index (χ0n) is 9.22. The van der Waals surface area contributed by atoms with Crippen molar-refractivity contribution in [3.8, 4) is 0 Å². The Bertz CT molecular complexity index is 410. The van der Waals surface area contributed by atoms with Crippen LogP contribution in [0.4, 0.5) is 0 Å². The first kappa shape index (κ1) is 11.8. The number of hydrogen-bond acceptors (Lipinski definition) is 4. The standard InChI is InChI=1S/C10H16N2O3S/c1-7-4-8(5-10(7)11-6-13)12-16(14,15)9-2-3-9/h7-10,12H,2-5H2,1H3. The van der Waals surface area contributed by atoms with E-state index in [1.807, 2.05) is 6.92 Å². The second kappa shape index (κ2) is 4.28. The highest BCUT2D eigenvalue weighted by atomic mass is 32.2. The van der Waals surface area contributed by atoms with E-state index < -0.39 is 10.0 Å². The smallest absolute Gasteiger partial charge is 0.212 e. The molecule has 0 aromatic carbocycles. The highest BCUT2D eigenvalue weighted by Gasteiger charge is 2.40. The SMILES string of the molecule is CC1CC(NS(=O)(=O)C2CC2)CC1N=C=O. The van der Waals surface area contributed by atoms with E-state index in [0.717, 1.165) is 19.3 Å². The molecule has 0 bridgehead atoms. The molecule has 0 spiro atoms. The molecule has 3 unspecified atom stereocenters. The average molecular weight is 244 g/mol. The molecule has 0 heterocycles. The van der Waals surface area contributed by atoms with E-state index in [2.05, 4.69) is 9.71 Å². The Morgan fingerprint density at radius 1 is 1.31 bits per heavy atom. The van der Waals surface area contributed by atoms with Gasteiger partial charge in [0, 0.05) is 6.04 Å². The van der Waals surface area contributed by atoms with Gasteiger partial charge in [0.25, 0.3) is 0 Å². The zero-order chi connectivity index (χ0) is 11.8. The number of nitrogens with one attached hydrogen (secondary N) is 1. The Labute approximate surface area is 95.4 Å². The first-order chi connectivity index (χ1) is 7.53. The number of rotatable bonds is 4. The summed E-state index contributed by atoms with van der Waals surface area (Å²) in [5.74, 6) is 0.244. The molecule has 0 aromatic rings. The van der Waals surface area contributed by atoms with Crippen LogP contribution in [0.15, 0.2) is 4.99 Å². The minimum atomic E-state index is -3.12. The van der Waals surface area contributed by atoms with Crippen LogP contribution in [-0.2, 0) is 14.8 Å². The first-order valence-corrected chi connectivity index (χ1v) is 7.15. The molecule has 90 valence electrons. The number of hydrogen-bond donors (Lipinski definition) is 1. The van der Waals surface area contributed by atoms with Gasteiger partial charge in [-0.15, -0.1) is 0 Å². The van der Waals surface area contributed by atoms with Crippen LogP contribution in [-0.4, -0.2) is 31.8 Å². The summed E-state index contributed by atoms with van der Waals surface area (Å²) >= 11 is 0. The van der Waals surface area contributed by atoms with Gasteiger partial charge in [-0.2, -0.15) is 0 Å². The van der Waals surface area contributed by atoms with Gasteiger partial charge in [0.05, 0.1) is 11.3 Å². The van der Waals surface area contributed by atoms with Crippen molar-refractivity contribution in [1.29, 1.82) is 0 Å². The summed E-state index contributed by atoms with van der Waals surface area (Å²) in [4.78, 5) is 13.9. The summed E-state index contributed by atoms with van der Waals surface area (Å²) in [5, 5.41) is -0.184. The average Bonchev–Trinajstić information content (AvgIpc) is 2.95. The van der Waals surface area contributed by atoms with Crippen molar-refractivity contribution in [1.82, 2.24) is 4.72 Å². The number of nitrogens with zero attached hydrogens (tertiary/aromatic N) is 1. The van der Waals surface area contributed by atoms with E-state index in [9.17, 15) is 13.2 Å². The van der Waals surface area contributed by atoms with Crippen molar-refractivity contribution in [2.45, 2.75) is 49.9 Å². The second-order valence-corrected chi connectivity index (χ2v) is 6.79. The Balaban J connectivity index is 1.95. The fourth-order valence-electron chi connectivity index (χ4n) is 2.28. The maximum absolute atomic E-state index is 11.7. The molecule has 2 rings (SSSR count). The Morgan fingerprint density at radius 2 is 2.00 bits per heavy atom. The minimum absolute atomic E-state index is 0.0669. The molecule has 0 saturated heterocycles. The van der Waals surface area contributed by atoms with Crippen molar-refractivity contribution >= 4 is 16.1 Å². The van der Waals surface area contributed by atoms with E-state index >= 15 is 0 Å². The van der Waals surface area contributed by atoms with Gasteiger partial charge in [0.15, 0.2) is 0 Å². The molecule has 0 amide bonds.